The Morgan fingerprint density at radius 2 is 1.94 bits per heavy atom. The number of aromatic hydroxyl groups is 1. The molecule has 0 unspecified atom stereocenters. The molecule has 1 amide bonds. The average Bonchev–Trinajstić information content (AvgIpc) is 3.24. The number of H-pyrrole nitrogens is 1. The number of hydrogen-bond acceptors (Lipinski definition) is 6. The number of anilines is 2. The molecule has 0 atom stereocenters. The highest BCUT2D eigenvalue weighted by molar-refractivity contribution is 5.95. The number of nitrogens with one attached hydrogen (secondary N) is 3. The summed E-state index contributed by atoms with van der Waals surface area (Å²) in [6, 6.07) is 11.1. The predicted octanol–water partition coefficient (Wildman–Crippen LogP) is 3.26. The van der Waals surface area contributed by atoms with Gasteiger partial charge in [0.2, 0.25) is 0 Å². The molecule has 0 aliphatic carbocycles. The lowest BCUT2D eigenvalue weighted by atomic mass is 10.1. The number of nitrogens with zero attached hydrogens (tertiary/aromatic N) is 3. The van der Waals surface area contributed by atoms with Crippen LogP contribution in [0.4, 0.5) is 15.9 Å². The highest BCUT2D eigenvalue weighted by Gasteiger charge is 2.19. The standard InChI is InChI=1S/C23H21FN6O2/c24-16-2-4-17-15(9-16)10-19(27-17)20-12-26-13-22(29-20)28-18-3-1-14(11-21(18)31)23(32)30-7-5-25-6-8-30/h1-4,9-13,25,27,31H,5-8H2,(H,28,29). The Morgan fingerprint density at radius 1 is 1.09 bits per heavy atom. The zero-order valence-corrected chi connectivity index (χ0v) is 17.1. The van der Waals surface area contributed by atoms with Gasteiger partial charge in [0.05, 0.1) is 23.8 Å². The predicted molar refractivity (Wildman–Crippen MR) is 119 cm³/mol. The van der Waals surface area contributed by atoms with Crippen LogP contribution in [0.2, 0.25) is 0 Å². The number of carbonyl (C=O) groups excluding carboxylic acids is 1. The van der Waals surface area contributed by atoms with Crippen molar-refractivity contribution >= 4 is 28.3 Å². The molecule has 162 valence electrons. The number of piperazine rings is 1. The van der Waals surface area contributed by atoms with Gasteiger partial charge in [-0.3, -0.25) is 9.78 Å². The summed E-state index contributed by atoms with van der Waals surface area (Å²) in [5.41, 5.74) is 2.90. The number of phenols is 1. The molecule has 3 heterocycles. The number of rotatable bonds is 4. The van der Waals surface area contributed by atoms with Crippen LogP contribution in [0.25, 0.3) is 22.3 Å². The summed E-state index contributed by atoms with van der Waals surface area (Å²) in [7, 11) is 0. The third-order valence-electron chi connectivity index (χ3n) is 5.40. The van der Waals surface area contributed by atoms with E-state index in [0.717, 1.165) is 24.0 Å². The number of benzene rings is 2. The van der Waals surface area contributed by atoms with E-state index < -0.39 is 0 Å². The fourth-order valence-electron chi connectivity index (χ4n) is 3.76. The Labute approximate surface area is 183 Å². The van der Waals surface area contributed by atoms with E-state index in [2.05, 4.69) is 25.6 Å². The van der Waals surface area contributed by atoms with Crippen LogP contribution in [-0.4, -0.2) is 57.0 Å². The molecule has 1 saturated heterocycles. The van der Waals surface area contributed by atoms with E-state index >= 15 is 0 Å². The van der Waals surface area contributed by atoms with E-state index in [1.54, 1.807) is 35.4 Å². The van der Waals surface area contributed by atoms with Gasteiger partial charge in [-0.25, -0.2) is 9.37 Å². The topological polar surface area (TPSA) is 106 Å². The number of aromatic nitrogens is 3. The van der Waals surface area contributed by atoms with Crippen molar-refractivity contribution in [2.75, 3.05) is 31.5 Å². The molecule has 4 aromatic rings. The van der Waals surface area contributed by atoms with Crippen LogP contribution in [0.5, 0.6) is 5.75 Å². The van der Waals surface area contributed by atoms with Crippen LogP contribution in [0.1, 0.15) is 10.4 Å². The molecule has 0 saturated carbocycles. The van der Waals surface area contributed by atoms with E-state index in [-0.39, 0.29) is 17.5 Å². The van der Waals surface area contributed by atoms with Crippen LogP contribution in [0.15, 0.2) is 54.9 Å². The second-order valence-electron chi connectivity index (χ2n) is 7.60. The van der Waals surface area contributed by atoms with Gasteiger partial charge < -0.3 is 25.6 Å². The van der Waals surface area contributed by atoms with Crippen molar-refractivity contribution in [3.05, 3.63) is 66.2 Å². The first kappa shape index (κ1) is 20.0. The molecule has 8 nitrogen and oxygen atoms in total. The molecule has 2 aromatic heterocycles. The number of halogens is 1. The Balaban J connectivity index is 1.36. The van der Waals surface area contributed by atoms with Crippen molar-refractivity contribution in [2.45, 2.75) is 0 Å². The Morgan fingerprint density at radius 3 is 2.75 bits per heavy atom. The fraction of sp³-hybridized carbons (Fsp3) is 0.174. The van der Waals surface area contributed by atoms with Crippen molar-refractivity contribution in [1.82, 2.24) is 25.2 Å². The zero-order valence-electron chi connectivity index (χ0n) is 17.1. The van der Waals surface area contributed by atoms with E-state index in [1.165, 1.54) is 24.4 Å². The third-order valence-corrected chi connectivity index (χ3v) is 5.40. The Hall–Kier alpha value is -3.98. The average molecular weight is 432 g/mol. The summed E-state index contributed by atoms with van der Waals surface area (Å²) in [6.07, 6.45) is 3.13. The summed E-state index contributed by atoms with van der Waals surface area (Å²) in [4.78, 5) is 26.3. The Kier molecular flexibility index (Phi) is 5.16. The van der Waals surface area contributed by atoms with Crippen molar-refractivity contribution in [3.8, 4) is 17.1 Å². The molecular formula is C23H21FN6O2. The number of carbonyl (C=O) groups is 1. The third kappa shape index (κ3) is 3.97. The van der Waals surface area contributed by atoms with Gasteiger partial charge in [0.1, 0.15) is 23.1 Å². The van der Waals surface area contributed by atoms with Crippen LogP contribution in [-0.2, 0) is 0 Å². The van der Waals surface area contributed by atoms with Crippen molar-refractivity contribution in [1.29, 1.82) is 0 Å². The molecular weight excluding hydrogens is 411 g/mol. The van der Waals surface area contributed by atoms with Gasteiger partial charge in [0.25, 0.3) is 5.91 Å². The second-order valence-corrected chi connectivity index (χ2v) is 7.60. The molecule has 5 rings (SSSR count). The maximum atomic E-state index is 13.5. The quantitative estimate of drug-likeness (QED) is 0.369. The minimum atomic E-state index is -0.307. The molecule has 2 aromatic carbocycles. The lowest BCUT2D eigenvalue weighted by molar-refractivity contribution is 0.0735. The van der Waals surface area contributed by atoms with Gasteiger partial charge in [-0.1, -0.05) is 0 Å². The smallest absolute Gasteiger partial charge is 0.254 e. The number of amides is 1. The monoisotopic (exact) mass is 432 g/mol. The summed E-state index contributed by atoms with van der Waals surface area (Å²) >= 11 is 0. The summed E-state index contributed by atoms with van der Waals surface area (Å²) < 4.78 is 13.5. The van der Waals surface area contributed by atoms with E-state index in [9.17, 15) is 14.3 Å². The van der Waals surface area contributed by atoms with Crippen molar-refractivity contribution in [2.24, 2.45) is 0 Å². The molecule has 0 bridgehead atoms. The van der Waals surface area contributed by atoms with Gasteiger partial charge in [0, 0.05) is 42.6 Å². The minimum Gasteiger partial charge on any atom is -0.506 e. The molecule has 32 heavy (non-hydrogen) atoms. The Bertz CT molecular complexity index is 1300. The maximum absolute atomic E-state index is 13.5. The number of fused-ring (bicyclic) bond motifs is 1. The van der Waals surface area contributed by atoms with Crippen molar-refractivity contribution < 1.29 is 14.3 Å². The molecule has 9 heteroatoms. The first-order valence-electron chi connectivity index (χ1n) is 10.3. The minimum absolute atomic E-state index is 0.0562. The van der Waals surface area contributed by atoms with Crippen molar-refractivity contribution in [3.63, 3.8) is 0 Å². The molecule has 1 fully saturated rings. The molecule has 1 aliphatic rings. The summed E-state index contributed by atoms with van der Waals surface area (Å²) in [5, 5.41) is 17.5. The largest absolute Gasteiger partial charge is 0.506 e. The van der Waals surface area contributed by atoms with Gasteiger partial charge in [-0.05, 0) is 42.5 Å². The SMILES string of the molecule is O=C(c1ccc(Nc2cncc(-c3cc4cc(F)ccc4[nH]3)n2)c(O)c1)N1CCNCC1. The van der Waals surface area contributed by atoms with Crippen LogP contribution >= 0.6 is 0 Å². The summed E-state index contributed by atoms with van der Waals surface area (Å²) in [5.74, 6) is -0.0487. The van der Waals surface area contributed by atoms with Gasteiger partial charge >= 0.3 is 0 Å². The highest BCUT2D eigenvalue weighted by atomic mass is 19.1. The van der Waals surface area contributed by atoms with Crippen LogP contribution in [0.3, 0.4) is 0 Å². The first-order chi connectivity index (χ1) is 15.6. The van der Waals surface area contributed by atoms with Gasteiger partial charge in [0.15, 0.2) is 0 Å². The van der Waals surface area contributed by atoms with Gasteiger partial charge in [-0.2, -0.15) is 0 Å². The maximum Gasteiger partial charge on any atom is 0.254 e. The summed E-state index contributed by atoms with van der Waals surface area (Å²) in [6.45, 7) is 2.81. The van der Waals surface area contributed by atoms with Crippen LogP contribution in [0, 0.1) is 5.82 Å². The highest BCUT2D eigenvalue weighted by Crippen LogP contribution is 2.29. The molecule has 0 radical (unpaired) electrons. The van der Waals surface area contributed by atoms with E-state index in [4.69, 9.17) is 0 Å². The lowest BCUT2D eigenvalue weighted by Crippen LogP contribution is -2.46. The van der Waals surface area contributed by atoms with Crippen LogP contribution < -0.4 is 10.6 Å². The number of aromatic amines is 1. The number of hydrogen-bond donors (Lipinski definition) is 4. The van der Waals surface area contributed by atoms with Gasteiger partial charge in [-0.15, -0.1) is 0 Å². The fourth-order valence-corrected chi connectivity index (χ4v) is 3.76. The second kappa shape index (κ2) is 8.27. The molecule has 0 spiro atoms. The normalized spacial score (nSPS) is 14.0. The number of phenolic OH excluding ortho intramolecular Hbond substituents is 1. The first-order valence-corrected chi connectivity index (χ1v) is 10.3. The van der Waals surface area contributed by atoms with E-state index in [1.807, 2.05) is 0 Å². The molecule has 1 aliphatic heterocycles. The van der Waals surface area contributed by atoms with E-state index in [0.29, 0.717) is 41.5 Å². The zero-order chi connectivity index (χ0) is 22.1. The molecule has 4 N–H and O–H groups in total. The lowest BCUT2D eigenvalue weighted by Gasteiger charge is -2.27.